The van der Waals surface area contributed by atoms with E-state index < -0.39 is 16.1 Å². The third-order valence-corrected chi connectivity index (χ3v) is 5.98. The van der Waals surface area contributed by atoms with E-state index in [1.807, 2.05) is 18.2 Å². The van der Waals surface area contributed by atoms with Gasteiger partial charge >= 0.3 is 0 Å². The second kappa shape index (κ2) is 6.87. The van der Waals surface area contributed by atoms with E-state index in [1.165, 1.54) is 24.0 Å². The predicted octanol–water partition coefficient (Wildman–Crippen LogP) is 0.413. The van der Waals surface area contributed by atoms with Gasteiger partial charge < -0.3 is 10.0 Å². The van der Waals surface area contributed by atoms with Crippen molar-refractivity contribution in [1.29, 1.82) is 0 Å². The number of sulfonamides is 1. The first kappa shape index (κ1) is 16.4. The zero-order chi connectivity index (χ0) is 15.5. The van der Waals surface area contributed by atoms with Gasteiger partial charge in [-0.15, -0.1) is 0 Å². The number of nitrogens with zero attached hydrogens (tertiary/aromatic N) is 2. The molecule has 1 aliphatic heterocycles. The molecule has 0 spiro atoms. The normalized spacial score (nSPS) is 23.8. The fourth-order valence-corrected chi connectivity index (χ4v) is 3.81. The minimum absolute atomic E-state index is 0.0169. The molecule has 0 aromatic heterocycles. The summed E-state index contributed by atoms with van der Waals surface area (Å²) < 4.78 is 25.1. The van der Waals surface area contributed by atoms with Gasteiger partial charge in [0.05, 0.1) is 11.9 Å². The SMILES string of the molecule is CN(C)S(=O)(=O)C[C@@H]1CN(CCc2ccccc2)C[C@H]1O. The summed E-state index contributed by atoms with van der Waals surface area (Å²) >= 11 is 0. The molecule has 6 heteroatoms. The molecule has 5 nitrogen and oxygen atoms in total. The Morgan fingerprint density at radius 1 is 1.24 bits per heavy atom. The lowest BCUT2D eigenvalue weighted by Gasteiger charge is -2.18. The maximum Gasteiger partial charge on any atom is 0.214 e. The topological polar surface area (TPSA) is 60.9 Å². The highest BCUT2D eigenvalue weighted by Gasteiger charge is 2.34. The van der Waals surface area contributed by atoms with Crippen molar-refractivity contribution < 1.29 is 13.5 Å². The standard InChI is InChI=1S/C15H24N2O3S/c1-16(2)21(19,20)12-14-10-17(11-15(14)18)9-8-13-6-4-3-5-7-13/h3-7,14-15,18H,8-12H2,1-2H3/t14-,15+/m0/s1. The van der Waals surface area contributed by atoms with E-state index in [0.29, 0.717) is 13.1 Å². The molecule has 2 rings (SSSR count). The molecule has 1 aromatic carbocycles. The summed E-state index contributed by atoms with van der Waals surface area (Å²) in [7, 11) is -0.195. The Bertz CT molecular complexity index is 545. The Morgan fingerprint density at radius 3 is 2.52 bits per heavy atom. The van der Waals surface area contributed by atoms with Crippen LogP contribution in [-0.4, -0.2) is 68.3 Å². The third kappa shape index (κ3) is 4.51. The molecular weight excluding hydrogens is 288 g/mol. The summed E-state index contributed by atoms with van der Waals surface area (Å²) in [6.45, 7) is 2.04. The Morgan fingerprint density at radius 2 is 1.90 bits per heavy atom. The van der Waals surface area contributed by atoms with E-state index in [0.717, 1.165) is 13.0 Å². The number of β-amino-alcohol motifs (C(OH)–C–C–N with tert-alkyl or cyclic N) is 1. The predicted molar refractivity (Wildman–Crippen MR) is 83.6 cm³/mol. The number of benzene rings is 1. The molecule has 2 atom stereocenters. The van der Waals surface area contributed by atoms with Crippen molar-refractivity contribution >= 4 is 10.0 Å². The van der Waals surface area contributed by atoms with Gasteiger partial charge in [-0.2, -0.15) is 0 Å². The van der Waals surface area contributed by atoms with E-state index in [9.17, 15) is 13.5 Å². The van der Waals surface area contributed by atoms with Gasteiger partial charge in [-0.1, -0.05) is 30.3 Å². The summed E-state index contributed by atoms with van der Waals surface area (Å²) in [4.78, 5) is 2.15. The van der Waals surface area contributed by atoms with Crippen LogP contribution in [0.3, 0.4) is 0 Å². The minimum Gasteiger partial charge on any atom is -0.391 e. The van der Waals surface area contributed by atoms with Crippen LogP contribution in [0.5, 0.6) is 0 Å². The highest BCUT2D eigenvalue weighted by molar-refractivity contribution is 7.89. The monoisotopic (exact) mass is 312 g/mol. The Hall–Kier alpha value is -0.950. The molecule has 0 radical (unpaired) electrons. The Balaban J connectivity index is 1.86. The molecule has 0 saturated carbocycles. The maximum absolute atomic E-state index is 11.9. The van der Waals surface area contributed by atoms with Gasteiger partial charge in [-0.05, 0) is 12.0 Å². The maximum atomic E-state index is 11.9. The molecule has 0 amide bonds. The number of hydrogen-bond acceptors (Lipinski definition) is 4. The molecule has 1 N–H and O–H groups in total. The summed E-state index contributed by atoms with van der Waals surface area (Å²) in [5.74, 6) is -0.184. The average Bonchev–Trinajstić information content (AvgIpc) is 2.77. The van der Waals surface area contributed by atoms with Gasteiger partial charge in [0, 0.05) is 39.6 Å². The van der Waals surface area contributed by atoms with Crippen molar-refractivity contribution in [2.45, 2.75) is 12.5 Å². The lowest BCUT2D eigenvalue weighted by atomic mass is 10.1. The quantitative estimate of drug-likeness (QED) is 0.827. The van der Waals surface area contributed by atoms with Crippen molar-refractivity contribution in [1.82, 2.24) is 9.21 Å². The van der Waals surface area contributed by atoms with Crippen molar-refractivity contribution in [3.63, 3.8) is 0 Å². The van der Waals surface area contributed by atoms with Crippen LogP contribution < -0.4 is 0 Å². The average molecular weight is 312 g/mol. The summed E-state index contributed by atoms with van der Waals surface area (Å²) in [5, 5.41) is 10.1. The molecule has 1 saturated heterocycles. The highest BCUT2D eigenvalue weighted by Crippen LogP contribution is 2.20. The van der Waals surface area contributed by atoms with E-state index in [-0.39, 0.29) is 11.7 Å². The fourth-order valence-electron chi connectivity index (χ4n) is 2.64. The lowest BCUT2D eigenvalue weighted by Crippen LogP contribution is -2.33. The van der Waals surface area contributed by atoms with Crippen molar-refractivity contribution in [2.24, 2.45) is 5.92 Å². The van der Waals surface area contributed by atoms with Crippen molar-refractivity contribution in [2.75, 3.05) is 39.5 Å². The van der Waals surface area contributed by atoms with Crippen LogP contribution in [-0.2, 0) is 16.4 Å². The summed E-state index contributed by atoms with van der Waals surface area (Å²) in [6, 6.07) is 10.2. The largest absolute Gasteiger partial charge is 0.391 e. The van der Waals surface area contributed by atoms with Crippen LogP contribution >= 0.6 is 0 Å². The third-order valence-electron chi connectivity index (χ3n) is 4.02. The van der Waals surface area contributed by atoms with Crippen LogP contribution in [0.4, 0.5) is 0 Å². The lowest BCUT2D eigenvalue weighted by molar-refractivity contribution is 0.149. The van der Waals surface area contributed by atoms with Crippen LogP contribution in [0.1, 0.15) is 5.56 Å². The molecule has 21 heavy (non-hydrogen) atoms. The first-order valence-electron chi connectivity index (χ1n) is 7.23. The van der Waals surface area contributed by atoms with Gasteiger partial charge in [0.25, 0.3) is 0 Å². The van der Waals surface area contributed by atoms with E-state index in [2.05, 4.69) is 17.0 Å². The van der Waals surface area contributed by atoms with Crippen LogP contribution in [0, 0.1) is 5.92 Å². The van der Waals surface area contributed by atoms with Crippen LogP contribution in [0.25, 0.3) is 0 Å². The zero-order valence-electron chi connectivity index (χ0n) is 12.6. The number of aliphatic hydroxyl groups excluding tert-OH is 1. The number of rotatable bonds is 6. The van der Waals surface area contributed by atoms with Gasteiger partial charge in [-0.25, -0.2) is 12.7 Å². The summed E-state index contributed by atoms with van der Waals surface area (Å²) in [6.07, 6.45) is 0.358. The number of hydrogen-bond donors (Lipinski definition) is 1. The van der Waals surface area contributed by atoms with E-state index in [1.54, 1.807) is 0 Å². The number of likely N-dealkylation sites (tertiary alicyclic amines) is 1. The van der Waals surface area contributed by atoms with Crippen molar-refractivity contribution in [3.8, 4) is 0 Å². The highest BCUT2D eigenvalue weighted by atomic mass is 32.2. The van der Waals surface area contributed by atoms with Crippen LogP contribution in [0.15, 0.2) is 30.3 Å². The van der Waals surface area contributed by atoms with E-state index >= 15 is 0 Å². The first-order chi connectivity index (χ1) is 9.88. The molecule has 0 aliphatic carbocycles. The molecule has 1 heterocycles. The molecule has 1 aliphatic rings. The minimum atomic E-state index is -3.26. The van der Waals surface area contributed by atoms with Gasteiger partial charge in [0.2, 0.25) is 10.0 Å². The van der Waals surface area contributed by atoms with Crippen LogP contribution in [0.2, 0.25) is 0 Å². The fraction of sp³-hybridized carbons (Fsp3) is 0.600. The molecular formula is C15H24N2O3S. The molecule has 1 fully saturated rings. The van der Waals surface area contributed by atoms with E-state index in [4.69, 9.17) is 0 Å². The second-order valence-electron chi connectivity index (χ2n) is 5.88. The Labute approximate surface area is 127 Å². The van der Waals surface area contributed by atoms with Crippen molar-refractivity contribution in [3.05, 3.63) is 35.9 Å². The molecule has 0 bridgehead atoms. The molecule has 118 valence electrons. The Kier molecular flexibility index (Phi) is 5.37. The smallest absolute Gasteiger partial charge is 0.214 e. The first-order valence-corrected chi connectivity index (χ1v) is 8.84. The summed E-state index contributed by atoms with van der Waals surface area (Å²) in [5.41, 5.74) is 1.26. The number of aliphatic hydroxyl groups is 1. The second-order valence-corrected chi connectivity index (χ2v) is 8.11. The van der Waals surface area contributed by atoms with Gasteiger partial charge in [-0.3, -0.25) is 0 Å². The van der Waals surface area contributed by atoms with Gasteiger partial charge in [0.15, 0.2) is 0 Å². The molecule has 1 aromatic rings. The zero-order valence-corrected chi connectivity index (χ0v) is 13.5. The molecule has 0 unspecified atom stereocenters. The van der Waals surface area contributed by atoms with Gasteiger partial charge in [0.1, 0.15) is 0 Å².